The topological polar surface area (TPSA) is 70.5 Å². The van der Waals surface area contributed by atoms with Crippen molar-refractivity contribution in [2.24, 2.45) is 0 Å². The molecule has 1 aliphatic rings. The average molecular weight is 461 g/mol. The number of Topliss-reactive ketones (excluding diaryl/α,β-unsaturated/α-hetero) is 1. The van der Waals surface area contributed by atoms with E-state index in [-0.39, 0.29) is 11.4 Å². The first kappa shape index (κ1) is 22.9. The molecule has 2 aromatic carbocycles. The molecule has 0 bridgehead atoms. The Morgan fingerprint density at radius 2 is 1.79 bits per heavy atom. The fourth-order valence-electron chi connectivity index (χ4n) is 4.20. The zero-order valence-corrected chi connectivity index (χ0v) is 20.1. The summed E-state index contributed by atoms with van der Waals surface area (Å²) < 4.78 is 0. The van der Waals surface area contributed by atoms with E-state index in [2.05, 4.69) is 18.8 Å². The number of ketones is 1. The number of carbonyl (C=O) groups excluding carboxylic acids is 2. The van der Waals surface area contributed by atoms with E-state index < -0.39 is 17.7 Å². The summed E-state index contributed by atoms with van der Waals surface area (Å²) in [4.78, 5) is 33.4. The van der Waals surface area contributed by atoms with Gasteiger partial charge in [-0.25, -0.2) is 4.98 Å². The van der Waals surface area contributed by atoms with Gasteiger partial charge < -0.3 is 10.0 Å². The van der Waals surface area contributed by atoms with E-state index in [1.807, 2.05) is 61.5 Å². The van der Waals surface area contributed by atoms with Gasteiger partial charge in [0.15, 0.2) is 5.76 Å². The molecule has 1 unspecified atom stereocenters. The zero-order chi connectivity index (χ0) is 23.7. The summed E-state index contributed by atoms with van der Waals surface area (Å²) in [6.07, 6.45) is 0.721. The second-order valence-electron chi connectivity index (χ2n) is 8.61. The highest BCUT2D eigenvalue weighted by Gasteiger charge is 2.44. The lowest BCUT2D eigenvalue weighted by Crippen LogP contribution is -2.31. The summed E-state index contributed by atoms with van der Waals surface area (Å²) in [6, 6.07) is 17.0. The van der Waals surface area contributed by atoms with Crippen LogP contribution in [-0.2, 0) is 4.79 Å². The monoisotopic (exact) mass is 460 g/mol. The Balaban J connectivity index is 1.77. The van der Waals surface area contributed by atoms with Crippen molar-refractivity contribution in [2.75, 3.05) is 6.54 Å². The normalized spacial score (nSPS) is 16.2. The SMILES string of the molecule is CCCN1C(=O)C(O)=C(C(=O)c2sc(-c3ccccc3)nc2C)C1c1ccc(C(C)C)cc1. The second-order valence-corrected chi connectivity index (χ2v) is 9.61. The Morgan fingerprint density at radius 3 is 2.39 bits per heavy atom. The van der Waals surface area contributed by atoms with Crippen LogP contribution in [0.15, 0.2) is 65.9 Å². The van der Waals surface area contributed by atoms with Crippen molar-refractivity contribution in [2.45, 2.75) is 46.1 Å². The van der Waals surface area contributed by atoms with Gasteiger partial charge in [0.1, 0.15) is 5.01 Å². The van der Waals surface area contributed by atoms with Crippen LogP contribution in [-0.4, -0.2) is 33.2 Å². The number of rotatable bonds is 7. The van der Waals surface area contributed by atoms with Crippen molar-refractivity contribution < 1.29 is 14.7 Å². The minimum atomic E-state index is -0.618. The molecule has 1 N–H and O–H groups in total. The van der Waals surface area contributed by atoms with Crippen molar-refractivity contribution >= 4 is 23.0 Å². The lowest BCUT2D eigenvalue weighted by atomic mass is 9.93. The van der Waals surface area contributed by atoms with Crippen molar-refractivity contribution in [3.63, 3.8) is 0 Å². The largest absolute Gasteiger partial charge is 0.503 e. The molecule has 0 spiro atoms. The predicted molar refractivity (Wildman–Crippen MR) is 132 cm³/mol. The number of amides is 1. The summed E-state index contributed by atoms with van der Waals surface area (Å²) in [5.41, 5.74) is 3.66. The highest BCUT2D eigenvalue weighted by atomic mass is 32.1. The molecule has 0 saturated heterocycles. The average Bonchev–Trinajstić information content (AvgIpc) is 3.32. The van der Waals surface area contributed by atoms with E-state index in [0.717, 1.165) is 22.6 Å². The van der Waals surface area contributed by atoms with Crippen LogP contribution in [0, 0.1) is 6.92 Å². The number of carbonyl (C=O) groups is 2. The minimum Gasteiger partial charge on any atom is -0.503 e. The van der Waals surface area contributed by atoms with E-state index in [1.54, 1.807) is 11.8 Å². The molecule has 1 aromatic heterocycles. The van der Waals surface area contributed by atoms with Crippen LogP contribution in [0.1, 0.15) is 65.6 Å². The number of benzene rings is 2. The molecular formula is C27H28N2O3S. The van der Waals surface area contributed by atoms with E-state index in [0.29, 0.717) is 23.0 Å². The zero-order valence-electron chi connectivity index (χ0n) is 19.3. The third-order valence-corrected chi connectivity index (χ3v) is 7.16. The molecular weight excluding hydrogens is 432 g/mol. The highest BCUT2D eigenvalue weighted by Crippen LogP contribution is 2.41. The van der Waals surface area contributed by atoms with Crippen LogP contribution in [0.3, 0.4) is 0 Å². The molecule has 1 aliphatic heterocycles. The van der Waals surface area contributed by atoms with Crippen molar-refractivity contribution in [1.29, 1.82) is 0 Å². The van der Waals surface area contributed by atoms with Crippen molar-refractivity contribution in [3.8, 4) is 10.6 Å². The molecule has 0 radical (unpaired) electrons. The maximum Gasteiger partial charge on any atom is 0.290 e. The van der Waals surface area contributed by atoms with Crippen LogP contribution in [0.4, 0.5) is 0 Å². The molecule has 170 valence electrons. The van der Waals surface area contributed by atoms with Gasteiger partial charge in [0, 0.05) is 12.1 Å². The minimum absolute atomic E-state index is 0.136. The molecule has 33 heavy (non-hydrogen) atoms. The van der Waals surface area contributed by atoms with Gasteiger partial charge in [0.05, 0.1) is 22.2 Å². The fourth-order valence-corrected chi connectivity index (χ4v) is 5.23. The molecule has 0 fully saturated rings. The Kier molecular flexibility index (Phi) is 6.47. The van der Waals surface area contributed by atoms with E-state index >= 15 is 0 Å². The first-order chi connectivity index (χ1) is 15.8. The fraction of sp³-hybridized carbons (Fsp3) is 0.296. The van der Waals surface area contributed by atoms with E-state index in [9.17, 15) is 14.7 Å². The third kappa shape index (κ3) is 4.23. The lowest BCUT2D eigenvalue weighted by molar-refractivity contribution is -0.129. The van der Waals surface area contributed by atoms with Crippen molar-refractivity contribution in [1.82, 2.24) is 9.88 Å². The molecule has 3 aromatic rings. The highest BCUT2D eigenvalue weighted by molar-refractivity contribution is 7.17. The number of hydrogen-bond donors (Lipinski definition) is 1. The maximum absolute atomic E-state index is 13.8. The standard InChI is InChI=1S/C27H28N2O3S/c1-5-15-29-22(19-13-11-18(12-14-19)16(2)3)21(24(31)27(29)32)23(30)25-17(4)28-26(33-25)20-9-7-6-8-10-20/h6-14,16,22,31H,5,15H2,1-4H3. The Bertz CT molecular complexity index is 1210. The molecule has 6 heteroatoms. The molecule has 0 aliphatic carbocycles. The summed E-state index contributed by atoms with van der Waals surface area (Å²) in [5.74, 6) is -0.920. The number of aliphatic hydroxyl groups is 1. The smallest absolute Gasteiger partial charge is 0.290 e. The van der Waals surface area contributed by atoms with Crippen LogP contribution < -0.4 is 0 Å². The summed E-state index contributed by atoms with van der Waals surface area (Å²) in [7, 11) is 0. The number of thiazole rings is 1. The number of nitrogens with zero attached hydrogens (tertiary/aromatic N) is 2. The second kappa shape index (κ2) is 9.32. The van der Waals surface area contributed by atoms with Crippen LogP contribution >= 0.6 is 11.3 Å². The molecule has 1 amide bonds. The molecule has 2 heterocycles. The number of aromatic nitrogens is 1. The summed E-state index contributed by atoms with van der Waals surface area (Å²) in [6.45, 7) is 8.46. The number of hydrogen-bond acceptors (Lipinski definition) is 5. The maximum atomic E-state index is 13.8. The van der Waals surface area contributed by atoms with Crippen LogP contribution in [0.2, 0.25) is 0 Å². The van der Waals surface area contributed by atoms with Gasteiger partial charge in [-0.2, -0.15) is 0 Å². The molecule has 1 atom stereocenters. The van der Waals surface area contributed by atoms with Gasteiger partial charge in [-0.1, -0.05) is 75.4 Å². The van der Waals surface area contributed by atoms with Crippen molar-refractivity contribution in [3.05, 3.63) is 87.6 Å². The van der Waals surface area contributed by atoms with Gasteiger partial charge >= 0.3 is 0 Å². The number of aryl methyl sites for hydroxylation is 1. The van der Waals surface area contributed by atoms with E-state index in [4.69, 9.17) is 0 Å². The van der Waals surface area contributed by atoms with Gasteiger partial charge in [-0.3, -0.25) is 9.59 Å². The Labute approximate surface area is 198 Å². The Morgan fingerprint density at radius 1 is 1.12 bits per heavy atom. The molecule has 0 saturated carbocycles. The van der Waals surface area contributed by atoms with Crippen LogP contribution in [0.25, 0.3) is 10.6 Å². The Hall–Kier alpha value is -3.25. The van der Waals surface area contributed by atoms with Crippen LogP contribution in [0.5, 0.6) is 0 Å². The third-order valence-electron chi connectivity index (χ3n) is 5.96. The predicted octanol–water partition coefficient (Wildman–Crippen LogP) is 6.23. The molecule has 4 rings (SSSR count). The first-order valence-corrected chi connectivity index (χ1v) is 12.1. The van der Waals surface area contributed by atoms with Gasteiger partial charge in [0.25, 0.3) is 5.91 Å². The summed E-state index contributed by atoms with van der Waals surface area (Å²) in [5, 5.41) is 11.6. The number of aliphatic hydroxyl groups excluding tert-OH is 1. The van der Waals surface area contributed by atoms with Gasteiger partial charge in [-0.05, 0) is 30.4 Å². The van der Waals surface area contributed by atoms with Gasteiger partial charge in [-0.15, -0.1) is 11.3 Å². The summed E-state index contributed by atoms with van der Waals surface area (Å²) >= 11 is 1.29. The lowest BCUT2D eigenvalue weighted by Gasteiger charge is -2.26. The molecule has 5 nitrogen and oxygen atoms in total. The van der Waals surface area contributed by atoms with Gasteiger partial charge in [0.2, 0.25) is 5.78 Å². The quantitative estimate of drug-likeness (QED) is 0.424. The first-order valence-electron chi connectivity index (χ1n) is 11.2. The van der Waals surface area contributed by atoms with E-state index in [1.165, 1.54) is 16.9 Å².